The monoisotopic (exact) mass is 287 g/mol. The number of hydrogen-bond acceptors (Lipinski definition) is 2. The van der Waals surface area contributed by atoms with Crippen LogP contribution in [0.5, 0.6) is 0 Å². The molecule has 0 bridgehead atoms. The zero-order chi connectivity index (χ0) is 13.9. The molecule has 20 heavy (non-hydrogen) atoms. The summed E-state index contributed by atoms with van der Waals surface area (Å²) in [7, 11) is 0. The molecule has 0 saturated carbocycles. The third-order valence-electron chi connectivity index (χ3n) is 3.89. The quantitative estimate of drug-likeness (QED) is 0.905. The third-order valence-corrected chi connectivity index (χ3v) is 4.12. The van der Waals surface area contributed by atoms with Crippen molar-refractivity contribution in [2.75, 3.05) is 6.54 Å². The van der Waals surface area contributed by atoms with E-state index in [9.17, 15) is 5.11 Å². The Morgan fingerprint density at radius 2 is 1.85 bits per heavy atom. The van der Waals surface area contributed by atoms with Crippen LogP contribution >= 0.6 is 11.6 Å². The number of halogens is 1. The first-order valence-electron chi connectivity index (χ1n) is 6.96. The fourth-order valence-corrected chi connectivity index (χ4v) is 3.00. The van der Waals surface area contributed by atoms with E-state index in [0.717, 1.165) is 23.4 Å². The molecule has 0 saturated heterocycles. The van der Waals surface area contributed by atoms with Gasteiger partial charge in [-0.1, -0.05) is 48.0 Å². The van der Waals surface area contributed by atoms with Gasteiger partial charge in [-0.05, 0) is 41.7 Å². The van der Waals surface area contributed by atoms with Crippen molar-refractivity contribution in [3.05, 3.63) is 70.2 Å². The van der Waals surface area contributed by atoms with Gasteiger partial charge in [0.15, 0.2) is 0 Å². The maximum absolute atomic E-state index is 10.2. The highest BCUT2D eigenvalue weighted by atomic mass is 35.5. The Kier molecular flexibility index (Phi) is 4.06. The minimum atomic E-state index is -0.455. The van der Waals surface area contributed by atoms with Crippen molar-refractivity contribution in [1.82, 2.24) is 5.32 Å². The minimum absolute atomic E-state index is 0.391. The van der Waals surface area contributed by atoms with Crippen LogP contribution in [0.2, 0.25) is 5.02 Å². The van der Waals surface area contributed by atoms with Crippen molar-refractivity contribution >= 4 is 11.6 Å². The fraction of sp³-hybridized carbons (Fsp3) is 0.294. The number of nitrogens with one attached hydrogen (secondary N) is 1. The molecule has 3 rings (SSSR count). The lowest BCUT2D eigenvalue weighted by Crippen LogP contribution is -2.33. The van der Waals surface area contributed by atoms with E-state index in [4.69, 9.17) is 11.6 Å². The average Bonchev–Trinajstić information content (AvgIpc) is 2.87. The van der Waals surface area contributed by atoms with E-state index in [-0.39, 0.29) is 0 Å². The summed E-state index contributed by atoms with van der Waals surface area (Å²) in [5, 5.41) is 14.4. The molecule has 0 spiro atoms. The molecule has 0 radical (unpaired) electrons. The summed E-state index contributed by atoms with van der Waals surface area (Å²) < 4.78 is 0. The predicted molar refractivity (Wildman–Crippen MR) is 82.1 cm³/mol. The van der Waals surface area contributed by atoms with Gasteiger partial charge in [-0.2, -0.15) is 0 Å². The first-order valence-corrected chi connectivity index (χ1v) is 7.34. The van der Waals surface area contributed by atoms with Crippen LogP contribution in [0, 0.1) is 0 Å². The zero-order valence-corrected chi connectivity index (χ0v) is 12.0. The van der Waals surface area contributed by atoms with Gasteiger partial charge in [0.05, 0.1) is 6.10 Å². The van der Waals surface area contributed by atoms with Gasteiger partial charge in [0.25, 0.3) is 0 Å². The third kappa shape index (κ3) is 3.04. The Morgan fingerprint density at radius 3 is 2.65 bits per heavy atom. The summed E-state index contributed by atoms with van der Waals surface area (Å²) in [4.78, 5) is 0. The lowest BCUT2D eigenvalue weighted by atomic mass is 10.1. The van der Waals surface area contributed by atoms with E-state index in [1.807, 2.05) is 42.5 Å². The number of aliphatic hydroxyl groups is 1. The van der Waals surface area contributed by atoms with E-state index in [2.05, 4.69) is 11.4 Å². The Hall–Kier alpha value is -1.35. The SMILES string of the molecule is OC(CNC1Cc2ccc(Cl)cc2C1)c1ccccc1. The molecular formula is C17H18ClNO. The standard InChI is InChI=1S/C17H18ClNO/c18-15-7-6-13-9-16(10-14(13)8-15)19-11-17(20)12-4-2-1-3-5-12/h1-8,16-17,19-20H,9-11H2. The van der Waals surface area contributed by atoms with Crippen LogP contribution in [0.15, 0.2) is 48.5 Å². The highest BCUT2D eigenvalue weighted by molar-refractivity contribution is 6.30. The molecule has 2 unspecified atom stereocenters. The Labute approximate surface area is 124 Å². The number of benzene rings is 2. The van der Waals surface area contributed by atoms with E-state index < -0.39 is 6.10 Å². The van der Waals surface area contributed by atoms with Crippen LogP contribution in [0.25, 0.3) is 0 Å². The van der Waals surface area contributed by atoms with Crippen LogP contribution in [0.4, 0.5) is 0 Å². The van der Waals surface area contributed by atoms with Crippen molar-refractivity contribution in [3.8, 4) is 0 Å². The van der Waals surface area contributed by atoms with Gasteiger partial charge < -0.3 is 10.4 Å². The van der Waals surface area contributed by atoms with Crippen molar-refractivity contribution < 1.29 is 5.11 Å². The summed E-state index contributed by atoms with van der Waals surface area (Å²) >= 11 is 6.02. The van der Waals surface area contributed by atoms with Gasteiger partial charge in [0.2, 0.25) is 0 Å². The second-order valence-corrected chi connectivity index (χ2v) is 5.79. The maximum Gasteiger partial charge on any atom is 0.0914 e. The second kappa shape index (κ2) is 5.96. The molecule has 1 aliphatic rings. The normalized spacial score (nSPS) is 18.8. The largest absolute Gasteiger partial charge is 0.387 e. The highest BCUT2D eigenvalue weighted by Crippen LogP contribution is 2.25. The number of fused-ring (bicyclic) bond motifs is 1. The summed E-state index contributed by atoms with van der Waals surface area (Å²) in [6, 6.07) is 16.3. The zero-order valence-electron chi connectivity index (χ0n) is 11.2. The number of rotatable bonds is 4. The second-order valence-electron chi connectivity index (χ2n) is 5.35. The minimum Gasteiger partial charge on any atom is -0.387 e. The van der Waals surface area contributed by atoms with Crippen LogP contribution in [-0.2, 0) is 12.8 Å². The molecule has 2 nitrogen and oxygen atoms in total. The van der Waals surface area contributed by atoms with Crippen molar-refractivity contribution in [3.63, 3.8) is 0 Å². The van der Waals surface area contributed by atoms with E-state index in [1.165, 1.54) is 11.1 Å². The first-order chi connectivity index (χ1) is 9.72. The lowest BCUT2D eigenvalue weighted by molar-refractivity contribution is 0.170. The molecule has 104 valence electrons. The number of aliphatic hydroxyl groups excluding tert-OH is 1. The Morgan fingerprint density at radius 1 is 1.10 bits per heavy atom. The molecule has 0 aromatic heterocycles. The van der Waals surface area contributed by atoms with Crippen LogP contribution < -0.4 is 5.32 Å². The van der Waals surface area contributed by atoms with Crippen molar-refractivity contribution in [2.24, 2.45) is 0 Å². The topological polar surface area (TPSA) is 32.3 Å². The summed E-state index contributed by atoms with van der Waals surface area (Å²) in [5.74, 6) is 0. The van der Waals surface area contributed by atoms with Crippen molar-refractivity contribution in [2.45, 2.75) is 25.0 Å². The van der Waals surface area contributed by atoms with Crippen LogP contribution in [0.3, 0.4) is 0 Å². The summed E-state index contributed by atoms with van der Waals surface area (Å²) in [5.41, 5.74) is 3.64. The number of hydrogen-bond donors (Lipinski definition) is 2. The molecule has 0 fully saturated rings. The van der Waals surface area contributed by atoms with E-state index in [0.29, 0.717) is 12.6 Å². The van der Waals surface area contributed by atoms with Crippen molar-refractivity contribution in [1.29, 1.82) is 0 Å². The first kappa shape index (κ1) is 13.6. The van der Waals surface area contributed by atoms with Crippen LogP contribution in [0.1, 0.15) is 22.8 Å². The molecule has 2 aromatic rings. The van der Waals surface area contributed by atoms with Gasteiger partial charge in [-0.15, -0.1) is 0 Å². The van der Waals surface area contributed by atoms with Gasteiger partial charge in [-0.25, -0.2) is 0 Å². The molecule has 2 aromatic carbocycles. The Bertz CT molecular complexity index is 585. The van der Waals surface area contributed by atoms with Crippen LogP contribution in [-0.4, -0.2) is 17.7 Å². The summed E-state index contributed by atoms with van der Waals surface area (Å²) in [6.07, 6.45) is 1.54. The van der Waals surface area contributed by atoms with Gasteiger partial charge in [-0.3, -0.25) is 0 Å². The molecule has 1 aliphatic carbocycles. The van der Waals surface area contributed by atoms with Gasteiger partial charge >= 0.3 is 0 Å². The average molecular weight is 288 g/mol. The molecule has 3 heteroatoms. The fourth-order valence-electron chi connectivity index (χ4n) is 2.80. The smallest absolute Gasteiger partial charge is 0.0914 e. The molecule has 0 heterocycles. The molecule has 2 atom stereocenters. The maximum atomic E-state index is 10.2. The molecule has 2 N–H and O–H groups in total. The van der Waals surface area contributed by atoms with E-state index in [1.54, 1.807) is 0 Å². The Balaban J connectivity index is 1.56. The van der Waals surface area contributed by atoms with E-state index >= 15 is 0 Å². The van der Waals surface area contributed by atoms with Gasteiger partial charge in [0.1, 0.15) is 0 Å². The highest BCUT2D eigenvalue weighted by Gasteiger charge is 2.21. The lowest BCUT2D eigenvalue weighted by Gasteiger charge is -2.16. The molecule has 0 aliphatic heterocycles. The molecule has 0 amide bonds. The predicted octanol–water partition coefficient (Wildman–Crippen LogP) is 3.13. The summed E-state index contributed by atoms with van der Waals surface area (Å²) in [6.45, 7) is 0.580. The van der Waals surface area contributed by atoms with Gasteiger partial charge in [0, 0.05) is 17.6 Å². The molecular weight excluding hydrogens is 270 g/mol.